The molecule has 0 aliphatic heterocycles. The Morgan fingerprint density at radius 1 is 1.12 bits per heavy atom. The van der Waals surface area contributed by atoms with Crippen LogP contribution < -0.4 is 15.4 Å². The van der Waals surface area contributed by atoms with Crippen molar-refractivity contribution in [3.05, 3.63) is 65.2 Å². The molecule has 0 saturated heterocycles. The van der Waals surface area contributed by atoms with Crippen molar-refractivity contribution in [1.29, 1.82) is 0 Å². The molecule has 2 amide bonds. The molecule has 0 fully saturated rings. The first-order chi connectivity index (χ1) is 15.2. The van der Waals surface area contributed by atoms with Crippen LogP contribution in [0.5, 0.6) is 5.75 Å². The van der Waals surface area contributed by atoms with Crippen LogP contribution in [0.2, 0.25) is 0 Å². The third kappa shape index (κ3) is 8.70. The number of carbonyl (C=O) groups is 2. The Hall–Kier alpha value is -2.87. The van der Waals surface area contributed by atoms with Gasteiger partial charge in [0.15, 0.2) is 0 Å². The van der Waals surface area contributed by atoms with Crippen LogP contribution >= 0.6 is 15.9 Å². The van der Waals surface area contributed by atoms with E-state index >= 15 is 0 Å². The zero-order chi connectivity index (χ0) is 23.6. The van der Waals surface area contributed by atoms with Gasteiger partial charge in [-0.05, 0) is 40.6 Å². The Balaban J connectivity index is 2.18. The number of nitrogens with one attached hydrogen (secondary N) is 3. The van der Waals surface area contributed by atoms with Crippen LogP contribution in [0.4, 0.5) is 0 Å². The molecule has 0 aliphatic rings. The standard InChI is InChI=1S/C22H24BrN3O5S/c1-32(30,31)25-14-11-17-5-2-3-6-19(17)21(28)26-20(22(29)24-13-4-12-23)15-16-7-9-18(27)10-8-16/h2-3,5-10,20,25,27H,11,13-15H2,1H3,(H,24,29)(H,26,28). The van der Waals surface area contributed by atoms with Crippen LogP contribution in [0.3, 0.4) is 0 Å². The number of phenols is 1. The second-order valence-corrected chi connectivity index (χ2v) is 9.19. The zero-order valence-electron chi connectivity index (χ0n) is 17.4. The van der Waals surface area contributed by atoms with Crippen molar-refractivity contribution in [2.24, 2.45) is 0 Å². The monoisotopic (exact) mass is 521 g/mol. The van der Waals surface area contributed by atoms with Gasteiger partial charge in [0.25, 0.3) is 5.91 Å². The van der Waals surface area contributed by atoms with Gasteiger partial charge in [0.1, 0.15) is 11.8 Å². The van der Waals surface area contributed by atoms with E-state index in [1.165, 1.54) is 12.1 Å². The number of sulfonamides is 1. The molecule has 0 aliphatic carbocycles. The SMILES string of the molecule is CS(=O)(=O)NCCc1ccccc1C(=O)NC(Cc1ccc(O)cc1)C(=O)NCC#CBr. The first-order valence-corrected chi connectivity index (χ1v) is 12.4. The first kappa shape index (κ1) is 25.4. The Morgan fingerprint density at radius 2 is 1.81 bits per heavy atom. The summed E-state index contributed by atoms with van der Waals surface area (Å²) in [6.07, 6.45) is 1.59. The van der Waals surface area contributed by atoms with E-state index in [2.05, 4.69) is 42.0 Å². The largest absolute Gasteiger partial charge is 0.508 e. The van der Waals surface area contributed by atoms with Gasteiger partial charge in [0, 0.05) is 34.5 Å². The van der Waals surface area contributed by atoms with Gasteiger partial charge in [0.2, 0.25) is 15.9 Å². The van der Waals surface area contributed by atoms with E-state index in [0.717, 1.165) is 11.8 Å². The number of rotatable bonds is 10. The van der Waals surface area contributed by atoms with Gasteiger partial charge >= 0.3 is 0 Å². The first-order valence-electron chi connectivity index (χ1n) is 9.67. The molecule has 0 aromatic heterocycles. The number of halogens is 1. The van der Waals surface area contributed by atoms with Crippen LogP contribution in [0.25, 0.3) is 0 Å². The number of benzene rings is 2. The molecule has 1 unspecified atom stereocenters. The number of hydrogen-bond acceptors (Lipinski definition) is 5. The van der Waals surface area contributed by atoms with Crippen molar-refractivity contribution < 1.29 is 23.1 Å². The molecule has 8 nitrogen and oxygen atoms in total. The van der Waals surface area contributed by atoms with Crippen LogP contribution in [-0.4, -0.2) is 50.7 Å². The second kappa shape index (κ2) is 12.2. The van der Waals surface area contributed by atoms with Crippen molar-refractivity contribution in [3.63, 3.8) is 0 Å². The number of phenolic OH excluding ortho intramolecular Hbond substituents is 1. The summed E-state index contributed by atoms with van der Waals surface area (Å²) in [5, 5.41) is 14.9. The molecule has 0 spiro atoms. The van der Waals surface area contributed by atoms with Gasteiger partial charge in [-0.1, -0.05) is 36.3 Å². The fourth-order valence-electron chi connectivity index (χ4n) is 2.93. The molecular weight excluding hydrogens is 498 g/mol. The lowest BCUT2D eigenvalue weighted by Crippen LogP contribution is -2.48. The summed E-state index contributed by atoms with van der Waals surface area (Å²) in [5.41, 5.74) is 1.75. The van der Waals surface area contributed by atoms with Crippen molar-refractivity contribution in [1.82, 2.24) is 15.4 Å². The van der Waals surface area contributed by atoms with Crippen LogP contribution in [0.1, 0.15) is 21.5 Å². The fourth-order valence-corrected chi connectivity index (χ4v) is 3.54. The van der Waals surface area contributed by atoms with Gasteiger partial charge in [-0.15, -0.1) is 0 Å². The summed E-state index contributed by atoms with van der Waals surface area (Å²) >= 11 is 2.96. The van der Waals surface area contributed by atoms with Gasteiger partial charge < -0.3 is 15.7 Å². The molecule has 2 aromatic rings. The number of carbonyl (C=O) groups excluding carboxylic acids is 2. The third-order valence-corrected chi connectivity index (χ3v) is 5.45. The number of aromatic hydroxyl groups is 1. The average Bonchev–Trinajstić information content (AvgIpc) is 2.74. The Morgan fingerprint density at radius 3 is 2.47 bits per heavy atom. The molecule has 170 valence electrons. The van der Waals surface area contributed by atoms with Crippen LogP contribution in [0, 0.1) is 10.8 Å². The van der Waals surface area contributed by atoms with E-state index < -0.39 is 27.9 Å². The van der Waals surface area contributed by atoms with Gasteiger partial charge in [0.05, 0.1) is 12.8 Å². The van der Waals surface area contributed by atoms with Gasteiger partial charge in [-0.2, -0.15) is 0 Å². The summed E-state index contributed by atoms with van der Waals surface area (Å²) in [5.74, 6) is 1.91. The predicted molar refractivity (Wildman–Crippen MR) is 126 cm³/mol. The van der Waals surface area contributed by atoms with E-state index in [9.17, 15) is 23.1 Å². The maximum atomic E-state index is 13.0. The van der Waals surface area contributed by atoms with Crippen LogP contribution in [-0.2, 0) is 27.7 Å². The number of amides is 2. The molecule has 0 bridgehead atoms. The maximum absolute atomic E-state index is 13.0. The van der Waals surface area contributed by atoms with Crippen molar-refractivity contribution in [2.45, 2.75) is 18.9 Å². The maximum Gasteiger partial charge on any atom is 0.252 e. The van der Waals surface area contributed by atoms with E-state index in [-0.39, 0.29) is 25.3 Å². The quantitative estimate of drug-likeness (QED) is 0.350. The van der Waals surface area contributed by atoms with E-state index in [4.69, 9.17) is 0 Å². The van der Waals surface area contributed by atoms with Gasteiger partial charge in [-0.25, -0.2) is 13.1 Å². The molecule has 0 heterocycles. The molecule has 0 radical (unpaired) electrons. The van der Waals surface area contributed by atoms with E-state index in [0.29, 0.717) is 17.5 Å². The predicted octanol–water partition coefficient (Wildman–Crippen LogP) is 1.30. The zero-order valence-corrected chi connectivity index (χ0v) is 19.8. The van der Waals surface area contributed by atoms with Crippen molar-refractivity contribution in [2.75, 3.05) is 19.3 Å². The molecule has 4 N–H and O–H groups in total. The van der Waals surface area contributed by atoms with Crippen molar-refractivity contribution in [3.8, 4) is 16.5 Å². The highest BCUT2D eigenvalue weighted by atomic mass is 79.9. The Labute approximate surface area is 196 Å². The summed E-state index contributed by atoms with van der Waals surface area (Å²) in [4.78, 5) is 28.2. The lowest BCUT2D eigenvalue weighted by atomic mass is 10.0. The van der Waals surface area contributed by atoms with Crippen LogP contribution in [0.15, 0.2) is 48.5 Å². The second-order valence-electron chi connectivity index (χ2n) is 6.96. The van der Waals surface area contributed by atoms with E-state index in [1.54, 1.807) is 36.4 Å². The minimum atomic E-state index is -3.34. The smallest absolute Gasteiger partial charge is 0.252 e. The number of hydrogen-bond donors (Lipinski definition) is 4. The Kier molecular flexibility index (Phi) is 9.71. The van der Waals surface area contributed by atoms with Crippen molar-refractivity contribution >= 4 is 37.8 Å². The fraction of sp³-hybridized carbons (Fsp3) is 0.273. The highest BCUT2D eigenvalue weighted by Gasteiger charge is 2.23. The summed E-state index contributed by atoms with van der Waals surface area (Å²) in [7, 11) is -3.34. The molecule has 10 heteroatoms. The molecule has 0 saturated carbocycles. The third-order valence-electron chi connectivity index (χ3n) is 4.44. The minimum absolute atomic E-state index is 0.100. The Bertz CT molecular complexity index is 1110. The highest BCUT2D eigenvalue weighted by Crippen LogP contribution is 2.13. The normalized spacial score (nSPS) is 11.7. The van der Waals surface area contributed by atoms with Gasteiger partial charge in [-0.3, -0.25) is 9.59 Å². The average molecular weight is 522 g/mol. The lowest BCUT2D eigenvalue weighted by Gasteiger charge is -2.19. The highest BCUT2D eigenvalue weighted by molar-refractivity contribution is 9.12. The molecule has 32 heavy (non-hydrogen) atoms. The molecule has 2 aromatic carbocycles. The molecule has 1 atom stereocenters. The molecular formula is C22H24BrN3O5S. The summed E-state index contributed by atoms with van der Waals surface area (Å²) in [6, 6.07) is 12.3. The lowest BCUT2D eigenvalue weighted by molar-refractivity contribution is -0.122. The minimum Gasteiger partial charge on any atom is -0.508 e. The topological polar surface area (TPSA) is 125 Å². The molecule has 2 rings (SSSR count). The van der Waals surface area contributed by atoms with E-state index in [1.807, 2.05) is 0 Å². The summed E-state index contributed by atoms with van der Waals surface area (Å²) in [6.45, 7) is 0.255. The summed E-state index contributed by atoms with van der Waals surface area (Å²) < 4.78 is 25.0.